The third kappa shape index (κ3) is 4.48. The molecule has 168 valence electrons. The molecule has 2 N–H and O–H groups in total. The maximum absolute atomic E-state index is 14.1. The third-order valence-corrected chi connectivity index (χ3v) is 8.02. The van der Waals surface area contributed by atoms with Crippen molar-refractivity contribution in [2.75, 3.05) is 0 Å². The minimum absolute atomic E-state index is 0.166. The molecule has 0 radical (unpaired) electrons. The van der Waals surface area contributed by atoms with E-state index in [1.165, 1.54) is 31.3 Å². The van der Waals surface area contributed by atoms with Crippen LogP contribution in [0, 0.1) is 28.6 Å². The summed E-state index contributed by atoms with van der Waals surface area (Å²) in [5.74, 6) is 6.77. The SMILES string of the molecule is C=C1/C(=C\C=C2/CCC[C@]3(C)C(C4(CC#CC(C)(C)O)CC4)=CCC23)CC(O)C[C@@H]1F. The van der Waals surface area contributed by atoms with Gasteiger partial charge in [-0.25, -0.2) is 4.39 Å². The molecule has 2 unspecified atom stereocenters. The fraction of sp³-hybridized carbons (Fsp3) is 0.643. The Morgan fingerprint density at radius 1 is 1.29 bits per heavy atom. The van der Waals surface area contributed by atoms with Crippen molar-refractivity contribution in [2.45, 2.75) is 96.4 Å². The number of aliphatic hydroxyl groups is 2. The van der Waals surface area contributed by atoms with E-state index >= 15 is 0 Å². The van der Waals surface area contributed by atoms with E-state index in [0.717, 1.165) is 24.8 Å². The number of rotatable bonds is 3. The maximum atomic E-state index is 14.1. The first-order valence-electron chi connectivity index (χ1n) is 11.9. The van der Waals surface area contributed by atoms with E-state index in [0.29, 0.717) is 17.9 Å². The molecule has 0 aromatic carbocycles. The summed E-state index contributed by atoms with van der Waals surface area (Å²) in [7, 11) is 0. The fourth-order valence-corrected chi connectivity index (χ4v) is 6.20. The van der Waals surface area contributed by atoms with Crippen LogP contribution in [0.15, 0.2) is 47.1 Å². The summed E-state index contributed by atoms with van der Waals surface area (Å²) in [4.78, 5) is 0. The molecule has 0 aromatic heterocycles. The van der Waals surface area contributed by atoms with Crippen LogP contribution in [-0.2, 0) is 0 Å². The number of halogens is 1. The third-order valence-electron chi connectivity index (χ3n) is 8.02. The highest BCUT2D eigenvalue weighted by molar-refractivity contribution is 5.42. The lowest BCUT2D eigenvalue weighted by Gasteiger charge is -2.43. The minimum Gasteiger partial charge on any atom is -0.393 e. The summed E-state index contributed by atoms with van der Waals surface area (Å²) < 4.78 is 14.1. The molecular weight excluding hydrogens is 387 g/mol. The van der Waals surface area contributed by atoms with Gasteiger partial charge in [0, 0.05) is 18.3 Å². The van der Waals surface area contributed by atoms with E-state index in [-0.39, 0.29) is 17.3 Å². The van der Waals surface area contributed by atoms with Crippen molar-refractivity contribution in [1.82, 2.24) is 0 Å². The molecule has 4 atom stereocenters. The first-order chi connectivity index (χ1) is 14.5. The Bertz CT molecular complexity index is 900. The van der Waals surface area contributed by atoms with Crippen molar-refractivity contribution in [1.29, 1.82) is 0 Å². The van der Waals surface area contributed by atoms with Crippen LogP contribution in [0.3, 0.4) is 0 Å². The van der Waals surface area contributed by atoms with E-state index in [1.54, 1.807) is 19.4 Å². The molecule has 0 heterocycles. The average molecular weight is 425 g/mol. The zero-order chi connectivity index (χ0) is 22.4. The van der Waals surface area contributed by atoms with E-state index in [2.05, 4.69) is 37.5 Å². The average Bonchev–Trinajstić information content (AvgIpc) is 3.35. The van der Waals surface area contributed by atoms with E-state index in [1.807, 2.05) is 6.08 Å². The molecule has 3 fully saturated rings. The summed E-state index contributed by atoms with van der Waals surface area (Å²) >= 11 is 0. The highest BCUT2D eigenvalue weighted by atomic mass is 19.1. The van der Waals surface area contributed by atoms with Gasteiger partial charge in [0.15, 0.2) is 0 Å². The highest BCUT2D eigenvalue weighted by Crippen LogP contribution is 2.67. The molecule has 3 heteroatoms. The second-order valence-corrected chi connectivity index (χ2v) is 11.0. The molecule has 0 aromatic rings. The topological polar surface area (TPSA) is 40.5 Å². The second-order valence-electron chi connectivity index (χ2n) is 11.0. The Kier molecular flexibility index (Phi) is 5.86. The lowest BCUT2D eigenvalue weighted by atomic mass is 9.61. The minimum atomic E-state index is -1.13. The van der Waals surface area contributed by atoms with Gasteiger partial charge < -0.3 is 10.2 Å². The lowest BCUT2D eigenvalue weighted by Crippen LogP contribution is -2.33. The fourth-order valence-electron chi connectivity index (χ4n) is 6.20. The number of hydrogen-bond donors (Lipinski definition) is 2. The molecule has 0 spiro atoms. The Hall–Kier alpha value is -1.63. The molecule has 4 aliphatic carbocycles. The van der Waals surface area contributed by atoms with Gasteiger partial charge in [0.25, 0.3) is 0 Å². The van der Waals surface area contributed by atoms with Crippen LogP contribution in [0.2, 0.25) is 0 Å². The van der Waals surface area contributed by atoms with Crippen molar-refractivity contribution in [3.63, 3.8) is 0 Å². The van der Waals surface area contributed by atoms with Gasteiger partial charge in [-0.2, -0.15) is 0 Å². The Morgan fingerprint density at radius 2 is 2.03 bits per heavy atom. The van der Waals surface area contributed by atoms with Gasteiger partial charge in [0.05, 0.1) is 6.10 Å². The largest absolute Gasteiger partial charge is 0.393 e. The number of fused-ring (bicyclic) bond motifs is 1. The quantitative estimate of drug-likeness (QED) is 0.433. The summed E-state index contributed by atoms with van der Waals surface area (Å²) in [5.41, 5.74) is 3.87. The number of hydrogen-bond acceptors (Lipinski definition) is 2. The Labute approximate surface area is 187 Å². The van der Waals surface area contributed by atoms with Gasteiger partial charge in [-0.1, -0.05) is 54.7 Å². The van der Waals surface area contributed by atoms with Gasteiger partial charge in [0.2, 0.25) is 0 Å². The molecule has 0 amide bonds. The Morgan fingerprint density at radius 3 is 2.71 bits per heavy atom. The molecular formula is C28H37FO2. The summed E-state index contributed by atoms with van der Waals surface area (Å²) in [5, 5.41) is 19.9. The Balaban J connectivity index is 1.54. The van der Waals surface area contributed by atoms with Crippen molar-refractivity contribution >= 4 is 0 Å². The first-order valence-corrected chi connectivity index (χ1v) is 11.9. The van der Waals surface area contributed by atoms with Crippen LogP contribution in [0.5, 0.6) is 0 Å². The van der Waals surface area contributed by atoms with Crippen LogP contribution in [-0.4, -0.2) is 28.1 Å². The molecule has 0 aliphatic heterocycles. The van der Waals surface area contributed by atoms with Crippen molar-refractivity contribution in [3.05, 3.63) is 47.1 Å². The molecule has 4 aliphatic rings. The van der Waals surface area contributed by atoms with Crippen molar-refractivity contribution in [2.24, 2.45) is 16.7 Å². The molecule has 0 saturated heterocycles. The van der Waals surface area contributed by atoms with Crippen LogP contribution >= 0.6 is 0 Å². The molecule has 2 nitrogen and oxygen atoms in total. The van der Waals surface area contributed by atoms with Crippen LogP contribution < -0.4 is 0 Å². The van der Waals surface area contributed by atoms with Gasteiger partial charge in [0.1, 0.15) is 11.8 Å². The maximum Gasteiger partial charge on any atom is 0.127 e. The van der Waals surface area contributed by atoms with Gasteiger partial charge >= 0.3 is 0 Å². The van der Waals surface area contributed by atoms with Crippen molar-refractivity contribution in [3.8, 4) is 11.8 Å². The predicted octanol–water partition coefficient (Wildman–Crippen LogP) is 5.97. The number of alkyl halides is 1. The monoisotopic (exact) mass is 424 g/mol. The van der Waals surface area contributed by atoms with Crippen LogP contribution in [0.25, 0.3) is 0 Å². The summed E-state index contributed by atoms with van der Waals surface area (Å²) in [6.45, 7) is 9.84. The standard InChI is InChI=1S/C28H37FO2/c1-19-21(17-22(30)18-24(19)29)9-8-20-7-5-13-27(4)23(20)10-11-25(27)28(15-16-28)14-6-12-26(2,3)31/h8-9,11,22-24,30-31H,1,5,7,10,13-18H2,2-4H3/b20-8+,21-9-/t22?,23?,24-,27-/m0/s1. The zero-order valence-corrected chi connectivity index (χ0v) is 19.3. The first kappa shape index (κ1) is 22.6. The van der Waals surface area contributed by atoms with E-state index < -0.39 is 17.9 Å². The zero-order valence-electron chi connectivity index (χ0n) is 19.3. The molecule has 31 heavy (non-hydrogen) atoms. The van der Waals surface area contributed by atoms with E-state index in [9.17, 15) is 14.6 Å². The normalized spacial score (nSPS) is 37.3. The second kappa shape index (κ2) is 8.05. The highest BCUT2D eigenvalue weighted by Gasteiger charge is 2.56. The molecule has 0 bridgehead atoms. The smallest absolute Gasteiger partial charge is 0.127 e. The number of allylic oxidation sites excluding steroid dienone is 6. The lowest BCUT2D eigenvalue weighted by molar-refractivity contribution is 0.124. The molecule has 4 rings (SSSR count). The summed E-state index contributed by atoms with van der Waals surface area (Å²) in [6.07, 6.45) is 13.4. The number of aliphatic hydroxyl groups excluding tert-OH is 1. The van der Waals surface area contributed by atoms with Gasteiger partial charge in [-0.3, -0.25) is 0 Å². The van der Waals surface area contributed by atoms with Crippen LogP contribution in [0.4, 0.5) is 4.39 Å². The van der Waals surface area contributed by atoms with Gasteiger partial charge in [-0.15, -0.1) is 0 Å². The summed E-state index contributed by atoms with van der Waals surface area (Å²) in [6, 6.07) is 0. The van der Waals surface area contributed by atoms with Crippen LogP contribution in [0.1, 0.15) is 78.6 Å². The van der Waals surface area contributed by atoms with Gasteiger partial charge in [-0.05, 0) is 81.3 Å². The predicted molar refractivity (Wildman–Crippen MR) is 124 cm³/mol. The van der Waals surface area contributed by atoms with E-state index in [4.69, 9.17) is 0 Å². The molecule has 3 saturated carbocycles. The van der Waals surface area contributed by atoms with Crippen molar-refractivity contribution < 1.29 is 14.6 Å².